The second kappa shape index (κ2) is 8.29. The number of halogens is 2. The van der Waals surface area contributed by atoms with Crippen LogP contribution in [-0.4, -0.2) is 17.7 Å². The molecule has 0 spiro atoms. The largest absolute Gasteiger partial charge is 0.326 e. The summed E-state index contributed by atoms with van der Waals surface area (Å²) in [6, 6.07) is 12.1. The molecule has 0 aliphatic heterocycles. The van der Waals surface area contributed by atoms with E-state index in [1.807, 2.05) is 0 Å². The fraction of sp³-hybridized carbons (Fsp3) is 0.176. The Hall–Kier alpha value is -2.40. The Bertz CT molecular complexity index is 689. The number of nitrogens with one attached hydrogen (secondary N) is 2. The quantitative estimate of drug-likeness (QED) is 0.783. The molecule has 2 rings (SSSR count). The summed E-state index contributed by atoms with van der Waals surface area (Å²) in [6.45, 7) is 0. The van der Waals surface area contributed by atoms with Gasteiger partial charge in [-0.15, -0.1) is 11.6 Å². The summed E-state index contributed by atoms with van der Waals surface area (Å²) in [5.41, 5.74) is 1.42. The summed E-state index contributed by atoms with van der Waals surface area (Å²) in [4.78, 5) is 23.8. The highest BCUT2D eigenvalue weighted by molar-refractivity contribution is 6.18. The maximum Gasteiger partial charge on any atom is 0.255 e. The van der Waals surface area contributed by atoms with E-state index >= 15 is 0 Å². The molecular weight excluding hydrogens is 319 g/mol. The summed E-state index contributed by atoms with van der Waals surface area (Å²) in [7, 11) is 0. The van der Waals surface area contributed by atoms with Gasteiger partial charge in [0.05, 0.1) is 0 Å². The normalized spacial score (nSPS) is 10.2. The molecule has 0 heterocycles. The molecule has 2 N–H and O–H groups in total. The number of carbonyl (C=O) groups excluding carboxylic acids is 2. The lowest BCUT2D eigenvalue weighted by Crippen LogP contribution is -2.14. The second-order valence-corrected chi connectivity index (χ2v) is 5.26. The maximum atomic E-state index is 12.8. The first kappa shape index (κ1) is 17.0. The smallest absolute Gasteiger partial charge is 0.255 e. The van der Waals surface area contributed by atoms with Crippen LogP contribution in [0.5, 0.6) is 0 Å². The van der Waals surface area contributed by atoms with Crippen molar-refractivity contribution >= 4 is 34.8 Å². The monoisotopic (exact) mass is 334 g/mol. The van der Waals surface area contributed by atoms with Crippen molar-refractivity contribution in [3.63, 3.8) is 0 Å². The zero-order valence-corrected chi connectivity index (χ0v) is 13.1. The van der Waals surface area contributed by atoms with Gasteiger partial charge in [-0.25, -0.2) is 4.39 Å². The van der Waals surface area contributed by atoms with Crippen molar-refractivity contribution in [3.05, 3.63) is 59.9 Å². The van der Waals surface area contributed by atoms with Crippen molar-refractivity contribution in [1.29, 1.82) is 0 Å². The Kier molecular flexibility index (Phi) is 6.11. The van der Waals surface area contributed by atoms with Gasteiger partial charge >= 0.3 is 0 Å². The third-order valence-corrected chi connectivity index (χ3v) is 3.32. The zero-order valence-electron chi connectivity index (χ0n) is 12.3. The third-order valence-electron chi connectivity index (χ3n) is 3.05. The lowest BCUT2D eigenvalue weighted by Gasteiger charge is -2.08. The van der Waals surface area contributed by atoms with E-state index in [4.69, 9.17) is 11.6 Å². The highest BCUT2D eigenvalue weighted by Crippen LogP contribution is 2.14. The van der Waals surface area contributed by atoms with Gasteiger partial charge in [0.25, 0.3) is 5.91 Å². The predicted octanol–water partition coefficient (Wildman–Crippen LogP) is 4.04. The molecule has 0 fully saturated rings. The van der Waals surface area contributed by atoms with Crippen molar-refractivity contribution in [1.82, 2.24) is 0 Å². The van der Waals surface area contributed by atoms with Gasteiger partial charge in [0.15, 0.2) is 0 Å². The Balaban J connectivity index is 2.02. The molecule has 0 aromatic heterocycles. The minimum Gasteiger partial charge on any atom is -0.326 e. The van der Waals surface area contributed by atoms with Crippen LogP contribution < -0.4 is 10.6 Å². The number of rotatable bonds is 6. The van der Waals surface area contributed by atoms with Crippen LogP contribution in [0.25, 0.3) is 0 Å². The Morgan fingerprint density at radius 2 is 1.74 bits per heavy atom. The summed E-state index contributed by atoms with van der Waals surface area (Å²) in [5.74, 6) is -0.437. The van der Waals surface area contributed by atoms with Gasteiger partial charge in [0.1, 0.15) is 5.82 Å². The molecule has 2 aromatic rings. The zero-order chi connectivity index (χ0) is 16.7. The number of hydrogen-bond donors (Lipinski definition) is 2. The molecular formula is C17H16ClFN2O2. The highest BCUT2D eigenvalue weighted by Gasteiger charge is 2.08. The molecule has 2 amide bonds. The number of hydrogen-bond acceptors (Lipinski definition) is 2. The standard InChI is InChI=1S/C17H16ClFN2O2/c18-10-2-5-16(22)20-15-4-1-3-12(11-15)17(23)21-14-8-6-13(19)7-9-14/h1,3-4,6-9,11H,2,5,10H2,(H,20,22)(H,21,23). The molecule has 0 saturated heterocycles. The van der Waals surface area contributed by atoms with Gasteiger partial charge in [-0.3, -0.25) is 9.59 Å². The van der Waals surface area contributed by atoms with Gasteiger partial charge in [-0.2, -0.15) is 0 Å². The Morgan fingerprint density at radius 1 is 1.00 bits per heavy atom. The number of anilines is 2. The molecule has 120 valence electrons. The van der Waals surface area contributed by atoms with Crippen LogP contribution in [0.1, 0.15) is 23.2 Å². The third kappa shape index (κ3) is 5.38. The molecule has 0 unspecified atom stereocenters. The van der Waals surface area contributed by atoms with Crippen molar-refractivity contribution in [2.45, 2.75) is 12.8 Å². The van der Waals surface area contributed by atoms with Gasteiger partial charge < -0.3 is 10.6 Å². The van der Waals surface area contributed by atoms with Crippen molar-refractivity contribution < 1.29 is 14.0 Å². The Morgan fingerprint density at radius 3 is 2.43 bits per heavy atom. The molecule has 0 aliphatic carbocycles. The SMILES string of the molecule is O=C(CCCCl)Nc1cccc(C(=O)Nc2ccc(F)cc2)c1. The lowest BCUT2D eigenvalue weighted by molar-refractivity contribution is -0.116. The summed E-state index contributed by atoms with van der Waals surface area (Å²) in [6.07, 6.45) is 0.924. The predicted molar refractivity (Wildman–Crippen MR) is 89.4 cm³/mol. The maximum absolute atomic E-state index is 12.8. The van der Waals surface area contributed by atoms with Crippen LogP contribution in [0, 0.1) is 5.82 Å². The molecule has 0 saturated carbocycles. The first-order valence-electron chi connectivity index (χ1n) is 7.11. The Labute approximate surface area is 138 Å². The van der Waals surface area contributed by atoms with Crippen LogP contribution in [0.4, 0.5) is 15.8 Å². The summed E-state index contributed by atoms with van der Waals surface area (Å²) in [5, 5.41) is 5.38. The minimum absolute atomic E-state index is 0.151. The fourth-order valence-corrected chi connectivity index (χ4v) is 2.06. The van der Waals surface area contributed by atoms with E-state index in [1.54, 1.807) is 24.3 Å². The van der Waals surface area contributed by atoms with Crippen LogP contribution in [0.15, 0.2) is 48.5 Å². The molecule has 0 aliphatic rings. The average Bonchev–Trinajstić information content (AvgIpc) is 2.55. The number of carbonyl (C=O) groups is 2. The topological polar surface area (TPSA) is 58.2 Å². The van der Waals surface area contributed by atoms with Gasteiger partial charge in [0.2, 0.25) is 5.91 Å². The number of alkyl halides is 1. The molecule has 4 nitrogen and oxygen atoms in total. The molecule has 6 heteroatoms. The van der Waals surface area contributed by atoms with Crippen molar-refractivity contribution in [2.24, 2.45) is 0 Å². The second-order valence-electron chi connectivity index (χ2n) is 4.88. The van der Waals surface area contributed by atoms with E-state index in [0.29, 0.717) is 35.7 Å². The first-order valence-corrected chi connectivity index (χ1v) is 7.65. The fourth-order valence-electron chi connectivity index (χ4n) is 1.93. The van der Waals surface area contributed by atoms with Gasteiger partial charge in [-0.05, 0) is 48.9 Å². The summed E-state index contributed by atoms with van der Waals surface area (Å²) >= 11 is 5.55. The van der Waals surface area contributed by atoms with Crippen LogP contribution in [-0.2, 0) is 4.79 Å². The van der Waals surface area contributed by atoms with E-state index in [9.17, 15) is 14.0 Å². The highest BCUT2D eigenvalue weighted by atomic mass is 35.5. The molecule has 0 radical (unpaired) electrons. The van der Waals surface area contributed by atoms with Crippen molar-refractivity contribution in [2.75, 3.05) is 16.5 Å². The van der Waals surface area contributed by atoms with Crippen LogP contribution in [0.2, 0.25) is 0 Å². The first-order chi connectivity index (χ1) is 11.1. The van der Waals surface area contributed by atoms with E-state index in [2.05, 4.69) is 10.6 Å². The molecule has 23 heavy (non-hydrogen) atoms. The average molecular weight is 335 g/mol. The van der Waals surface area contributed by atoms with Gasteiger partial charge in [-0.1, -0.05) is 6.07 Å². The van der Waals surface area contributed by atoms with E-state index in [-0.39, 0.29) is 17.6 Å². The number of amides is 2. The van der Waals surface area contributed by atoms with Crippen LogP contribution >= 0.6 is 11.6 Å². The summed E-state index contributed by atoms with van der Waals surface area (Å²) < 4.78 is 12.8. The molecule has 0 atom stereocenters. The van der Waals surface area contributed by atoms with Crippen LogP contribution in [0.3, 0.4) is 0 Å². The minimum atomic E-state index is -0.371. The van der Waals surface area contributed by atoms with E-state index in [0.717, 1.165) is 0 Å². The van der Waals surface area contributed by atoms with Crippen molar-refractivity contribution in [3.8, 4) is 0 Å². The number of benzene rings is 2. The van der Waals surface area contributed by atoms with Gasteiger partial charge in [0, 0.05) is 29.2 Å². The molecule has 2 aromatic carbocycles. The lowest BCUT2D eigenvalue weighted by atomic mass is 10.1. The van der Waals surface area contributed by atoms with E-state index < -0.39 is 0 Å². The molecule has 0 bridgehead atoms. The van der Waals surface area contributed by atoms with E-state index in [1.165, 1.54) is 24.3 Å².